The average molecular weight is 278 g/mol. The Hall–Kier alpha value is -0.780. The fourth-order valence-corrected chi connectivity index (χ4v) is 1.24. The first-order valence-electron chi connectivity index (χ1n) is 3.26. The molecule has 0 unspecified atom stereocenters. The van der Waals surface area contributed by atoms with E-state index in [4.69, 9.17) is 5.11 Å². The third kappa shape index (κ3) is 1.88. The lowest BCUT2D eigenvalue weighted by Gasteiger charge is -2.00. The van der Waals surface area contributed by atoms with Gasteiger partial charge < -0.3 is 10.2 Å². The van der Waals surface area contributed by atoms with Crippen LogP contribution < -0.4 is 0 Å². The summed E-state index contributed by atoms with van der Waals surface area (Å²) in [6.45, 7) is 0. The van der Waals surface area contributed by atoms with E-state index in [1.807, 2.05) is 22.6 Å². The number of carbonyl (C=O) groups is 1. The Bertz CT molecular complexity index is 309. The molecule has 0 heterocycles. The predicted molar refractivity (Wildman–Crippen MR) is 53.0 cm³/mol. The predicted octanol–water partition coefficient (Wildman–Crippen LogP) is 1.72. The van der Waals surface area contributed by atoms with Crippen LogP contribution in [-0.2, 0) is 0 Å². The van der Waals surface area contributed by atoms with Gasteiger partial charge in [0.25, 0.3) is 0 Å². The van der Waals surface area contributed by atoms with Gasteiger partial charge in [0.1, 0.15) is 11.5 Å². The fraction of sp³-hybridized carbons (Fsp3) is 0.125. The van der Waals surface area contributed by atoms with Gasteiger partial charge in [-0.15, -0.1) is 0 Å². The molecule has 0 fully saturated rings. The van der Waals surface area contributed by atoms with Gasteiger partial charge >= 0.3 is 0 Å². The number of alkyl halides is 1. The molecule has 0 aliphatic carbocycles. The summed E-state index contributed by atoms with van der Waals surface area (Å²) in [6.07, 6.45) is 0. The number of carbonyl (C=O) groups excluding carboxylic acids is 1. The highest BCUT2D eigenvalue weighted by Crippen LogP contribution is 2.23. The first-order valence-corrected chi connectivity index (χ1v) is 4.79. The average Bonchev–Trinajstić information content (AvgIpc) is 2.03. The van der Waals surface area contributed by atoms with Crippen LogP contribution in [0.3, 0.4) is 0 Å². The van der Waals surface area contributed by atoms with Gasteiger partial charge in [-0.25, -0.2) is 0 Å². The highest BCUT2D eigenvalue weighted by molar-refractivity contribution is 14.1. The van der Waals surface area contributed by atoms with Gasteiger partial charge in [-0.1, -0.05) is 22.6 Å². The Morgan fingerprint density at radius 2 is 2.08 bits per heavy atom. The second-order valence-corrected chi connectivity index (χ2v) is 3.02. The highest BCUT2D eigenvalue weighted by atomic mass is 127. The Morgan fingerprint density at radius 3 is 2.58 bits per heavy atom. The largest absolute Gasteiger partial charge is 0.508 e. The van der Waals surface area contributed by atoms with E-state index >= 15 is 0 Å². The van der Waals surface area contributed by atoms with Crippen molar-refractivity contribution in [3.63, 3.8) is 0 Å². The molecular weight excluding hydrogens is 271 g/mol. The van der Waals surface area contributed by atoms with Crippen LogP contribution in [0.1, 0.15) is 10.4 Å². The number of hydrogen-bond donors (Lipinski definition) is 2. The lowest BCUT2D eigenvalue weighted by atomic mass is 10.1. The van der Waals surface area contributed by atoms with Crippen LogP contribution in [0.5, 0.6) is 11.5 Å². The Morgan fingerprint density at radius 1 is 1.42 bits per heavy atom. The Kier molecular flexibility index (Phi) is 2.91. The number of ketones is 1. The number of phenolic OH excluding ortho intramolecular Hbond substituents is 2. The molecule has 0 saturated carbocycles. The SMILES string of the molecule is O=C(CI)c1ccc(O)cc1O. The molecule has 64 valence electrons. The molecule has 1 aromatic rings. The monoisotopic (exact) mass is 278 g/mol. The molecular formula is C8H7IO3. The molecule has 0 bridgehead atoms. The zero-order chi connectivity index (χ0) is 9.14. The molecule has 1 aromatic carbocycles. The van der Waals surface area contributed by atoms with Crippen LogP contribution in [0.25, 0.3) is 0 Å². The van der Waals surface area contributed by atoms with Crippen LogP contribution in [0.2, 0.25) is 0 Å². The van der Waals surface area contributed by atoms with Gasteiger partial charge in [-0.2, -0.15) is 0 Å². The van der Waals surface area contributed by atoms with E-state index < -0.39 is 0 Å². The van der Waals surface area contributed by atoms with Crippen molar-refractivity contribution in [1.29, 1.82) is 0 Å². The van der Waals surface area contributed by atoms with Gasteiger partial charge in [0, 0.05) is 6.07 Å². The molecule has 3 nitrogen and oxygen atoms in total. The topological polar surface area (TPSA) is 57.5 Å². The van der Waals surface area contributed by atoms with E-state index in [-0.39, 0.29) is 22.8 Å². The van der Waals surface area contributed by atoms with E-state index in [2.05, 4.69) is 0 Å². The molecule has 0 aliphatic heterocycles. The molecule has 0 amide bonds. The van der Waals surface area contributed by atoms with Crippen LogP contribution in [-0.4, -0.2) is 20.4 Å². The van der Waals surface area contributed by atoms with Crippen LogP contribution >= 0.6 is 22.6 Å². The quantitative estimate of drug-likeness (QED) is 0.492. The lowest BCUT2D eigenvalue weighted by molar-refractivity contribution is 0.102. The smallest absolute Gasteiger partial charge is 0.176 e. The highest BCUT2D eigenvalue weighted by Gasteiger charge is 2.09. The maximum absolute atomic E-state index is 11.1. The third-order valence-corrected chi connectivity index (χ3v) is 2.10. The zero-order valence-electron chi connectivity index (χ0n) is 6.12. The first-order chi connectivity index (χ1) is 5.65. The van der Waals surface area contributed by atoms with Crippen molar-refractivity contribution < 1.29 is 15.0 Å². The minimum Gasteiger partial charge on any atom is -0.508 e. The number of phenols is 2. The number of Topliss-reactive ketones (excluding diaryl/α,β-unsaturated/α-hetero) is 1. The minimum absolute atomic E-state index is 0.0440. The lowest BCUT2D eigenvalue weighted by Crippen LogP contribution is -1.99. The third-order valence-electron chi connectivity index (χ3n) is 1.40. The maximum atomic E-state index is 11.1. The van der Waals surface area contributed by atoms with Crippen molar-refractivity contribution in [3.05, 3.63) is 23.8 Å². The summed E-state index contributed by atoms with van der Waals surface area (Å²) in [6, 6.07) is 3.93. The van der Waals surface area contributed by atoms with Crippen molar-refractivity contribution in [3.8, 4) is 11.5 Å². The summed E-state index contributed by atoms with van der Waals surface area (Å²) in [5.41, 5.74) is 0.252. The van der Waals surface area contributed by atoms with Crippen molar-refractivity contribution in [2.24, 2.45) is 0 Å². The summed E-state index contributed by atoms with van der Waals surface area (Å²) < 4.78 is 0.316. The molecule has 0 atom stereocenters. The Balaban J connectivity index is 3.09. The second-order valence-electron chi connectivity index (χ2n) is 2.26. The summed E-state index contributed by atoms with van der Waals surface area (Å²) in [5.74, 6) is -0.359. The molecule has 0 saturated heterocycles. The Labute approximate surface area is 83.2 Å². The van der Waals surface area contributed by atoms with E-state index in [0.29, 0.717) is 4.43 Å². The van der Waals surface area contributed by atoms with Gasteiger partial charge in [-0.05, 0) is 12.1 Å². The summed E-state index contributed by atoms with van der Waals surface area (Å²) in [7, 11) is 0. The van der Waals surface area contributed by atoms with Crippen LogP contribution in [0, 0.1) is 0 Å². The van der Waals surface area contributed by atoms with Gasteiger partial charge in [0.2, 0.25) is 0 Å². The molecule has 0 aliphatic rings. The zero-order valence-corrected chi connectivity index (χ0v) is 8.28. The van der Waals surface area contributed by atoms with Crippen molar-refractivity contribution in [2.45, 2.75) is 0 Å². The van der Waals surface area contributed by atoms with Gasteiger partial charge in [0.15, 0.2) is 5.78 Å². The van der Waals surface area contributed by atoms with E-state index in [9.17, 15) is 9.90 Å². The van der Waals surface area contributed by atoms with Gasteiger partial charge in [0.05, 0.1) is 9.99 Å². The standard InChI is InChI=1S/C8H7IO3/c9-4-8(12)6-2-1-5(10)3-7(6)11/h1-3,10-11H,4H2. The molecule has 2 N–H and O–H groups in total. The first kappa shape index (κ1) is 9.31. The van der Waals surface area contributed by atoms with E-state index in [1.165, 1.54) is 12.1 Å². The number of rotatable bonds is 2. The molecule has 1 rings (SSSR count). The fourth-order valence-electron chi connectivity index (χ4n) is 0.828. The van der Waals surface area contributed by atoms with Crippen molar-refractivity contribution in [1.82, 2.24) is 0 Å². The summed E-state index contributed by atoms with van der Waals surface area (Å²) in [5, 5.41) is 18.1. The second kappa shape index (κ2) is 3.75. The van der Waals surface area contributed by atoms with E-state index in [0.717, 1.165) is 6.07 Å². The number of halogens is 1. The van der Waals surface area contributed by atoms with Crippen molar-refractivity contribution >= 4 is 28.4 Å². The minimum atomic E-state index is -0.170. The molecule has 12 heavy (non-hydrogen) atoms. The molecule has 0 aromatic heterocycles. The van der Waals surface area contributed by atoms with E-state index in [1.54, 1.807) is 0 Å². The van der Waals surface area contributed by atoms with Crippen LogP contribution in [0.15, 0.2) is 18.2 Å². The van der Waals surface area contributed by atoms with Crippen LogP contribution in [0.4, 0.5) is 0 Å². The number of hydrogen-bond acceptors (Lipinski definition) is 3. The summed E-state index contributed by atoms with van der Waals surface area (Å²) in [4.78, 5) is 11.1. The number of aromatic hydroxyl groups is 2. The molecule has 4 heteroatoms. The summed E-state index contributed by atoms with van der Waals surface area (Å²) >= 11 is 1.92. The van der Waals surface area contributed by atoms with Crippen molar-refractivity contribution in [2.75, 3.05) is 4.43 Å². The molecule has 0 spiro atoms. The molecule has 0 radical (unpaired) electrons. The maximum Gasteiger partial charge on any atom is 0.176 e. The normalized spacial score (nSPS) is 9.75. The number of benzene rings is 1. The van der Waals surface area contributed by atoms with Gasteiger partial charge in [-0.3, -0.25) is 4.79 Å².